The molecule has 0 bridgehead atoms. The molecule has 1 spiro atoms. The molecule has 1 aliphatic carbocycles. The number of ether oxygens (including phenoxy) is 1. The van der Waals surface area contributed by atoms with Crippen LogP contribution in [-0.2, 0) is 4.74 Å². The molecule has 1 aliphatic heterocycles. The minimum absolute atomic E-state index is 0.0984. The van der Waals surface area contributed by atoms with Gasteiger partial charge in [0, 0.05) is 13.2 Å². The number of aromatic carboxylic acids is 1. The summed E-state index contributed by atoms with van der Waals surface area (Å²) >= 11 is 0. The molecule has 4 rings (SSSR count). The van der Waals surface area contributed by atoms with Crippen molar-refractivity contribution in [1.29, 1.82) is 0 Å². The normalized spacial score (nSPS) is 25.5. The van der Waals surface area contributed by atoms with Gasteiger partial charge in [-0.15, -0.1) is 0 Å². The number of carboxylic acids is 1. The summed E-state index contributed by atoms with van der Waals surface area (Å²) in [4.78, 5) is 19.6. The van der Waals surface area contributed by atoms with Gasteiger partial charge in [-0.2, -0.15) is 0 Å². The van der Waals surface area contributed by atoms with Crippen LogP contribution in [0.15, 0.2) is 18.7 Å². The van der Waals surface area contributed by atoms with Gasteiger partial charge in [0.25, 0.3) is 0 Å². The average molecular weight is 330 g/mol. The van der Waals surface area contributed by atoms with E-state index < -0.39 is 5.97 Å². The Morgan fingerprint density at radius 1 is 1.42 bits per heavy atom. The number of nitrogens with zero attached hydrogens (tertiary/aromatic N) is 3. The SMILES string of the molecule is CC1(CNc2ncc(C(=O)O)n3cncc23)CCOC2(CCC2)C1. The first kappa shape index (κ1) is 15.4. The summed E-state index contributed by atoms with van der Waals surface area (Å²) in [6.07, 6.45) is 10.2. The van der Waals surface area contributed by atoms with Crippen LogP contribution in [-0.4, -0.2) is 44.2 Å². The van der Waals surface area contributed by atoms with Crippen LogP contribution in [0, 0.1) is 5.41 Å². The fraction of sp³-hybridized carbons (Fsp3) is 0.588. The highest BCUT2D eigenvalue weighted by Gasteiger charge is 2.46. The predicted octanol–water partition coefficient (Wildman–Crippen LogP) is 2.58. The summed E-state index contributed by atoms with van der Waals surface area (Å²) in [5, 5.41) is 12.7. The molecule has 0 radical (unpaired) electrons. The Hall–Kier alpha value is -2.15. The lowest BCUT2D eigenvalue weighted by atomic mass is 9.66. The summed E-state index contributed by atoms with van der Waals surface area (Å²) in [7, 11) is 0. The molecule has 1 saturated heterocycles. The number of hydrogen-bond donors (Lipinski definition) is 2. The zero-order valence-electron chi connectivity index (χ0n) is 13.8. The van der Waals surface area contributed by atoms with Crippen LogP contribution < -0.4 is 5.32 Å². The van der Waals surface area contributed by atoms with Crippen LogP contribution in [0.25, 0.3) is 5.52 Å². The Kier molecular flexibility index (Phi) is 3.49. The quantitative estimate of drug-likeness (QED) is 0.896. The van der Waals surface area contributed by atoms with E-state index in [0.29, 0.717) is 11.3 Å². The highest BCUT2D eigenvalue weighted by Crippen LogP contribution is 2.48. The summed E-state index contributed by atoms with van der Waals surface area (Å²) in [5.74, 6) is -0.340. The third-order valence-corrected chi connectivity index (χ3v) is 5.49. The van der Waals surface area contributed by atoms with Gasteiger partial charge in [-0.1, -0.05) is 6.92 Å². The smallest absolute Gasteiger partial charge is 0.354 e. The van der Waals surface area contributed by atoms with Gasteiger partial charge in [0.05, 0.1) is 18.0 Å². The van der Waals surface area contributed by atoms with Crippen molar-refractivity contribution in [2.45, 2.75) is 44.6 Å². The molecule has 2 aromatic heterocycles. The minimum atomic E-state index is -1.01. The molecule has 1 atom stereocenters. The maximum absolute atomic E-state index is 11.3. The topological polar surface area (TPSA) is 88.8 Å². The van der Waals surface area contributed by atoms with Gasteiger partial charge in [-0.3, -0.25) is 4.40 Å². The van der Waals surface area contributed by atoms with Crippen molar-refractivity contribution < 1.29 is 14.6 Å². The van der Waals surface area contributed by atoms with Crippen LogP contribution in [0.5, 0.6) is 0 Å². The van der Waals surface area contributed by atoms with E-state index in [1.807, 2.05) is 0 Å². The number of imidazole rings is 1. The largest absolute Gasteiger partial charge is 0.477 e. The van der Waals surface area contributed by atoms with Crippen LogP contribution in [0.4, 0.5) is 5.82 Å². The summed E-state index contributed by atoms with van der Waals surface area (Å²) in [5.41, 5.74) is 1.05. The van der Waals surface area contributed by atoms with Crippen LogP contribution >= 0.6 is 0 Å². The fourth-order valence-electron chi connectivity index (χ4n) is 3.98. The second-order valence-corrected chi connectivity index (χ2v) is 7.42. The number of nitrogens with one attached hydrogen (secondary N) is 1. The highest BCUT2D eigenvalue weighted by molar-refractivity contribution is 5.87. The molecule has 2 N–H and O–H groups in total. The fourth-order valence-corrected chi connectivity index (χ4v) is 3.98. The van der Waals surface area contributed by atoms with Crippen molar-refractivity contribution >= 4 is 17.3 Å². The molecule has 0 amide bonds. The number of anilines is 1. The van der Waals surface area contributed by atoms with Crippen molar-refractivity contribution in [2.75, 3.05) is 18.5 Å². The molecular formula is C17H22N4O3. The zero-order valence-corrected chi connectivity index (χ0v) is 13.8. The van der Waals surface area contributed by atoms with E-state index in [-0.39, 0.29) is 16.7 Å². The first-order valence-electron chi connectivity index (χ1n) is 8.43. The summed E-state index contributed by atoms with van der Waals surface area (Å²) < 4.78 is 7.58. The molecule has 7 nitrogen and oxygen atoms in total. The van der Waals surface area contributed by atoms with Crippen molar-refractivity contribution in [1.82, 2.24) is 14.4 Å². The Bertz CT molecular complexity index is 783. The van der Waals surface area contributed by atoms with Crippen LogP contribution in [0.3, 0.4) is 0 Å². The number of rotatable bonds is 4. The Labute approximate surface area is 140 Å². The lowest BCUT2D eigenvalue weighted by Gasteiger charge is -2.51. The molecule has 1 saturated carbocycles. The molecule has 1 unspecified atom stereocenters. The van der Waals surface area contributed by atoms with E-state index in [1.165, 1.54) is 31.8 Å². The van der Waals surface area contributed by atoms with E-state index in [9.17, 15) is 9.90 Å². The van der Waals surface area contributed by atoms with Gasteiger partial charge in [0.15, 0.2) is 11.5 Å². The van der Waals surface area contributed by atoms with E-state index in [0.717, 1.165) is 26.0 Å². The molecule has 2 fully saturated rings. The monoisotopic (exact) mass is 330 g/mol. The third-order valence-electron chi connectivity index (χ3n) is 5.49. The number of carbonyl (C=O) groups is 1. The Morgan fingerprint density at radius 3 is 2.96 bits per heavy atom. The number of hydrogen-bond acceptors (Lipinski definition) is 5. The number of fused-ring (bicyclic) bond motifs is 1. The maximum Gasteiger partial charge on any atom is 0.354 e. The van der Waals surface area contributed by atoms with Gasteiger partial charge in [0.1, 0.15) is 11.8 Å². The van der Waals surface area contributed by atoms with E-state index in [1.54, 1.807) is 10.6 Å². The highest BCUT2D eigenvalue weighted by atomic mass is 16.5. The lowest BCUT2D eigenvalue weighted by Crippen LogP contribution is -2.50. The van der Waals surface area contributed by atoms with Crippen molar-refractivity contribution in [3.05, 3.63) is 24.4 Å². The molecule has 7 heteroatoms. The molecule has 128 valence electrons. The zero-order chi connectivity index (χ0) is 16.8. The van der Waals surface area contributed by atoms with Crippen molar-refractivity contribution in [2.24, 2.45) is 5.41 Å². The van der Waals surface area contributed by atoms with Crippen LogP contribution in [0.2, 0.25) is 0 Å². The lowest BCUT2D eigenvalue weighted by molar-refractivity contribution is -0.160. The summed E-state index contributed by atoms with van der Waals surface area (Å²) in [6.45, 7) is 3.89. The minimum Gasteiger partial charge on any atom is -0.477 e. The molecule has 3 heterocycles. The average Bonchev–Trinajstić information content (AvgIpc) is 3.00. The van der Waals surface area contributed by atoms with Gasteiger partial charge >= 0.3 is 5.97 Å². The number of carboxylic acid groups (broad SMARTS) is 1. The molecular weight excluding hydrogens is 308 g/mol. The van der Waals surface area contributed by atoms with Crippen LogP contribution in [0.1, 0.15) is 49.5 Å². The number of aromatic nitrogens is 3. The van der Waals surface area contributed by atoms with E-state index >= 15 is 0 Å². The van der Waals surface area contributed by atoms with Gasteiger partial charge in [-0.25, -0.2) is 14.8 Å². The molecule has 2 aromatic rings. The summed E-state index contributed by atoms with van der Waals surface area (Å²) in [6, 6.07) is 0. The van der Waals surface area contributed by atoms with Gasteiger partial charge in [0.2, 0.25) is 0 Å². The molecule has 2 aliphatic rings. The standard InChI is InChI=1S/C17H22N4O3/c1-16(5-6-24-17(9-16)3-2-4-17)10-20-14-12-7-18-11-21(12)13(8-19-14)15(22)23/h7-8,11H,2-6,9-10H2,1H3,(H,19,20)(H,22,23). The molecule has 24 heavy (non-hydrogen) atoms. The van der Waals surface area contributed by atoms with E-state index in [2.05, 4.69) is 22.2 Å². The maximum atomic E-state index is 11.3. The second kappa shape index (κ2) is 5.44. The van der Waals surface area contributed by atoms with Crippen molar-refractivity contribution in [3.8, 4) is 0 Å². The van der Waals surface area contributed by atoms with Gasteiger partial charge in [-0.05, 0) is 37.5 Å². The Balaban J connectivity index is 1.53. The molecule has 0 aromatic carbocycles. The Morgan fingerprint density at radius 2 is 2.25 bits per heavy atom. The first-order chi connectivity index (χ1) is 11.5. The third kappa shape index (κ3) is 2.53. The predicted molar refractivity (Wildman–Crippen MR) is 88.3 cm³/mol. The second-order valence-electron chi connectivity index (χ2n) is 7.42. The van der Waals surface area contributed by atoms with Gasteiger partial charge < -0.3 is 15.2 Å². The first-order valence-corrected chi connectivity index (χ1v) is 8.43. The van der Waals surface area contributed by atoms with Crippen molar-refractivity contribution in [3.63, 3.8) is 0 Å². The van der Waals surface area contributed by atoms with E-state index in [4.69, 9.17) is 4.74 Å².